The fraction of sp³-hybridized carbons (Fsp3) is 0.176. The largest absolute Gasteiger partial charge is 0.416 e. The lowest BCUT2D eigenvalue weighted by atomic mass is 10.1. The van der Waals surface area contributed by atoms with Crippen molar-refractivity contribution in [2.24, 2.45) is 4.99 Å². The van der Waals surface area contributed by atoms with Gasteiger partial charge in [-0.3, -0.25) is 4.79 Å². The summed E-state index contributed by atoms with van der Waals surface area (Å²) in [6, 6.07) is 11.5. The fourth-order valence-corrected chi connectivity index (χ4v) is 2.09. The van der Waals surface area contributed by atoms with E-state index in [0.717, 1.165) is 12.1 Å². The van der Waals surface area contributed by atoms with Gasteiger partial charge in [-0.25, -0.2) is 4.99 Å². The van der Waals surface area contributed by atoms with Gasteiger partial charge in [0.25, 0.3) is 5.91 Å². The molecule has 0 spiro atoms. The van der Waals surface area contributed by atoms with Crippen LogP contribution in [0.5, 0.6) is 0 Å². The maximum atomic E-state index is 12.7. The molecule has 1 heterocycles. The van der Waals surface area contributed by atoms with Crippen molar-refractivity contribution in [2.45, 2.75) is 20.0 Å². The molecule has 3 nitrogen and oxygen atoms in total. The summed E-state index contributed by atoms with van der Waals surface area (Å²) in [6.07, 6.45) is -4.44. The van der Waals surface area contributed by atoms with Crippen LogP contribution >= 0.6 is 0 Å². The van der Waals surface area contributed by atoms with Crippen LogP contribution in [0.1, 0.15) is 25.0 Å². The summed E-state index contributed by atoms with van der Waals surface area (Å²) >= 11 is 0. The summed E-state index contributed by atoms with van der Waals surface area (Å²) in [6.45, 7) is 4.00. The number of carbonyl (C=O) groups is 1. The molecule has 0 atom stereocenters. The van der Waals surface area contributed by atoms with E-state index in [9.17, 15) is 18.0 Å². The second-order valence-corrected chi connectivity index (χ2v) is 4.51. The highest BCUT2D eigenvalue weighted by Gasteiger charge is 2.31. The van der Waals surface area contributed by atoms with Crippen LogP contribution in [0.4, 0.5) is 24.5 Å². The van der Waals surface area contributed by atoms with E-state index in [2.05, 4.69) is 10.3 Å². The zero-order valence-corrected chi connectivity index (χ0v) is 12.6. The molecule has 1 aliphatic heterocycles. The number of alkyl halides is 3. The van der Waals surface area contributed by atoms with Gasteiger partial charge in [0, 0.05) is 5.56 Å². The van der Waals surface area contributed by atoms with Crippen LogP contribution in [-0.4, -0.2) is 11.6 Å². The standard InChI is InChI=1S/C15H9F3N2O.C2H6/c16-15(17,18)9-4-3-5-10(8-9)19-13-11-6-1-2-7-12(11)20-14(13)21;1-2/h1-8H,(H,19,20,21);1-2H3. The monoisotopic (exact) mass is 320 g/mol. The van der Waals surface area contributed by atoms with Crippen LogP contribution < -0.4 is 5.32 Å². The Balaban J connectivity index is 0.000000924. The average Bonchev–Trinajstić information content (AvgIpc) is 2.85. The minimum absolute atomic E-state index is 0.0895. The number of hydrogen-bond donors (Lipinski definition) is 1. The third-order valence-electron chi connectivity index (χ3n) is 3.06. The number of nitrogens with one attached hydrogen (secondary N) is 1. The van der Waals surface area contributed by atoms with Crippen LogP contribution in [0.3, 0.4) is 0 Å². The summed E-state index contributed by atoms with van der Waals surface area (Å²) in [5.74, 6) is -0.423. The van der Waals surface area contributed by atoms with Crippen molar-refractivity contribution in [3.8, 4) is 0 Å². The van der Waals surface area contributed by atoms with Gasteiger partial charge in [0.1, 0.15) is 5.71 Å². The maximum absolute atomic E-state index is 12.7. The van der Waals surface area contributed by atoms with Crippen molar-refractivity contribution in [3.05, 3.63) is 59.7 Å². The molecule has 0 saturated carbocycles. The van der Waals surface area contributed by atoms with Crippen molar-refractivity contribution in [3.63, 3.8) is 0 Å². The number of para-hydroxylation sites is 1. The third-order valence-corrected chi connectivity index (χ3v) is 3.06. The number of rotatable bonds is 1. The zero-order valence-electron chi connectivity index (χ0n) is 12.6. The molecule has 0 aliphatic carbocycles. The van der Waals surface area contributed by atoms with E-state index < -0.39 is 17.6 Å². The molecule has 120 valence electrons. The predicted molar refractivity (Wildman–Crippen MR) is 84.1 cm³/mol. The van der Waals surface area contributed by atoms with Gasteiger partial charge in [-0.05, 0) is 24.3 Å². The summed E-state index contributed by atoms with van der Waals surface area (Å²) in [5, 5.41) is 2.62. The van der Waals surface area contributed by atoms with Gasteiger partial charge in [0.2, 0.25) is 0 Å². The first-order valence-corrected chi connectivity index (χ1v) is 7.12. The molecule has 2 aromatic rings. The molecular formula is C17H15F3N2O. The molecular weight excluding hydrogens is 305 g/mol. The van der Waals surface area contributed by atoms with Crippen LogP contribution in [0.25, 0.3) is 0 Å². The summed E-state index contributed by atoms with van der Waals surface area (Å²) in [5.41, 5.74) is 0.598. The van der Waals surface area contributed by atoms with Gasteiger partial charge >= 0.3 is 6.18 Å². The number of amides is 1. The molecule has 0 unspecified atom stereocenters. The lowest BCUT2D eigenvalue weighted by Crippen LogP contribution is -2.14. The summed E-state index contributed by atoms with van der Waals surface area (Å²) < 4.78 is 38.0. The number of nitrogens with zero attached hydrogens (tertiary/aromatic N) is 1. The topological polar surface area (TPSA) is 41.5 Å². The molecule has 23 heavy (non-hydrogen) atoms. The maximum Gasteiger partial charge on any atom is 0.416 e. The second kappa shape index (κ2) is 6.64. The van der Waals surface area contributed by atoms with Crippen LogP contribution in [0.2, 0.25) is 0 Å². The number of benzene rings is 2. The van der Waals surface area contributed by atoms with Crippen molar-refractivity contribution in [1.29, 1.82) is 0 Å². The van der Waals surface area contributed by atoms with Gasteiger partial charge in [-0.2, -0.15) is 13.2 Å². The highest BCUT2D eigenvalue weighted by atomic mass is 19.4. The molecule has 0 radical (unpaired) electrons. The molecule has 0 saturated heterocycles. The first-order valence-electron chi connectivity index (χ1n) is 7.12. The molecule has 0 aromatic heterocycles. The van der Waals surface area contributed by atoms with Crippen LogP contribution in [-0.2, 0) is 11.0 Å². The first-order chi connectivity index (χ1) is 10.9. The lowest BCUT2D eigenvalue weighted by Gasteiger charge is -2.06. The Bertz CT molecular complexity index is 751. The highest BCUT2D eigenvalue weighted by Crippen LogP contribution is 2.32. The predicted octanol–water partition coefficient (Wildman–Crippen LogP) is 4.80. The van der Waals surface area contributed by atoms with E-state index >= 15 is 0 Å². The molecule has 3 rings (SSSR count). The Hall–Kier alpha value is -2.63. The highest BCUT2D eigenvalue weighted by molar-refractivity contribution is 6.54. The Morgan fingerprint density at radius 2 is 1.70 bits per heavy atom. The smallest absolute Gasteiger partial charge is 0.320 e. The zero-order chi connectivity index (χ0) is 17.0. The Labute approximate surface area is 131 Å². The number of anilines is 1. The van der Waals surface area contributed by atoms with Gasteiger partial charge in [0.05, 0.1) is 16.9 Å². The quantitative estimate of drug-likeness (QED) is 0.805. The number of carbonyl (C=O) groups excluding carboxylic acids is 1. The third kappa shape index (κ3) is 3.59. The first kappa shape index (κ1) is 16.7. The van der Waals surface area contributed by atoms with E-state index in [0.29, 0.717) is 11.3 Å². The molecule has 1 N–H and O–H groups in total. The van der Waals surface area contributed by atoms with E-state index in [-0.39, 0.29) is 11.4 Å². The van der Waals surface area contributed by atoms with Gasteiger partial charge < -0.3 is 5.32 Å². The van der Waals surface area contributed by atoms with E-state index in [1.165, 1.54) is 12.1 Å². The fourth-order valence-electron chi connectivity index (χ4n) is 2.09. The van der Waals surface area contributed by atoms with E-state index in [1.54, 1.807) is 24.3 Å². The van der Waals surface area contributed by atoms with Crippen molar-refractivity contribution in [2.75, 3.05) is 5.32 Å². The molecule has 0 bridgehead atoms. The normalized spacial score (nSPS) is 14.8. The van der Waals surface area contributed by atoms with Crippen LogP contribution in [0.15, 0.2) is 53.5 Å². The molecule has 2 aromatic carbocycles. The van der Waals surface area contributed by atoms with Crippen molar-refractivity contribution in [1.82, 2.24) is 0 Å². The Morgan fingerprint density at radius 1 is 1.00 bits per heavy atom. The molecule has 1 aliphatic rings. The van der Waals surface area contributed by atoms with Gasteiger partial charge in [0.15, 0.2) is 0 Å². The molecule has 1 amide bonds. The number of hydrogen-bond acceptors (Lipinski definition) is 2. The van der Waals surface area contributed by atoms with Gasteiger partial charge in [-0.15, -0.1) is 0 Å². The number of fused-ring (bicyclic) bond motifs is 1. The minimum Gasteiger partial charge on any atom is -0.320 e. The Kier molecular flexibility index (Phi) is 4.83. The minimum atomic E-state index is -4.44. The SMILES string of the molecule is CC.O=C1Nc2ccccc2C1=Nc1cccc(C(F)(F)F)c1. The average molecular weight is 320 g/mol. The van der Waals surface area contributed by atoms with E-state index in [1.807, 2.05) is 13.8 Å². The Morgan fingerprint density at radius 3 is 2.39 bits per heavy atom. The second-order valence-electron chi connectivity index (χ2n) is 4.51. The molecule has 6 heteroatoms. The van der Waals surface area contributed by atoms with Crippen LogP contribution in [0, 0.1) is 0 Å². The summed E-state index contributed by atoms with van der Waals surface area (Å²) in [4.78, 5) is 15.9. The summed E-state index contributed by atoms with van der Waals surface area (Å²) in [7, 11) is 0. The lowest BCUT2D eigenvalue weighted by molar-refractivity contribution is -0.137. The van der Waals surface area contributed by atoms with E-state index in [4.69, 9.17) is 0 Å². The number of halogens is 3. The number of aliphatic imine (C=N–C) groups is 1. The van der Waals surface area contributed by atoms with Crippen molar-refractivity contribution >= 4 is 23.0 Å². The molecule has 0 fully saturated rings. The van der Waals surface area contributed by atoms with Crippen molar-refractivity contribution < 1.29 is 18.0 Å². The van der Waals surface area contributed by atoms with Gasteiger partial charge in [-0.1, -0.05) is 38.1 Å².